The van der Waals surface area contributed by atoms with Gasteiger partial charge in [0.15, 0.2) is 5.82 Å². The summed E-state index contributed by atoms with van der Waals surface area (Å²) in [5.74, 6) is 0.701. The summed E-state index contributed by atoms with van der Waals surface area (Å²) < 4.78 is 11.2. The predicted molar refractivity (Wildman–Crippen MR) is 122 cm³/mol. The summed E-state index contributed by atoms with van der Waals surface area (Å²) in [6.45, 7) is 4.76. The van der Waals surface area contributed by atoms with Crippen LogP contribution in [-0.4, -0.2) is 45.4 Å². The summed E-state index contributed by atoms with van der Waals surface area (Å²) in [7, 11) is 0. The number of nitrogens with zero attached hydrogens (tertiary/aromatic N) is 2. The van der Waals surface area contributed by atoms with Crippen molar-refractivity contribution in [2.75, 3.05) is 13.2 Å². The normalized spacial score (nSPS) is 16.3. The van der Waals surface area contributed by atoms with Crippen LogP contribution in [0.5, 0.6) is 5.75 Å². The van der Waals surface area contributed by atoms with Crippen molar-refractivity contribution in [3.05, 3.63) is 84.7 Å². The molecule has 8 heteroatoms. The van der Waals surface area contributed by atoms with Gasteiger partial charge in [0.1, 0.15) is 22.8 Å². The Kier molecular flexibility index (Phi) is 6.16. The number of hydrogen-bond acceptors (Lipinski definition) is 7. The van der Waals surface area contributed by atoms with E-state index in [4.69, 9.17) is 15.2 Å². The maximum absolute atomic E-state index is 12.8. The molecule has 32 heavy (non-hydrogen) atoms. The van der Waals surface area contributed by atoms with E-state index in [1.54, 1.807) is 24.3 Å². The molecule has 0 radical (unpaired) electrons. The van der Waals surface area contributed by atoms with Gasteiger partial charge in [-0.2, -0.15) is 0 Å². The molecule has 0 bridgehead atoms. The quantitative estimate of drug-likeness (QED) is 0.300. The number of aromatic nitrogens is 2. The molecule has 4 rings (SSSR count). The lowest BCUT2D eigenvalue weighted by Gasteiger charge is -2.33. The number of aliphatic hydroxyl groups is 1. The number of carbonyl (C=O) groups is 1. The Morgan fingerprint density at radius 3 is 2.62 bits per heavy atom. The summed E-state index contributed by atoms with van der Waals surface area (Å²) in [5, 5.41) is 11.0. The van der Waals surface area contributed by atoms with Gasteiger partial charge in [0.05, 0.1) is 11.0 Å². The van der Waals surface area contributed by atoms with Crippen molar-refractivity contribution in [2.45, 2.75) is 18.4 Å². The second kappa shape index (κ2) is 9.17. The van der Waals surface area contributed by atoms with Gasteiger partial charge in [-0.25, -0.2) is 4.98 Å². The minimum Gasteiger partial charge on any atom is -0.456 e. The van der Waals surface area contributed by atoms with Gasteiger partial charge in [-0.05, 0) is 36.4 Å². The van der Waals surface area contributed by atoms with Gasteiger partial charge in [-0.3, -0.25) is 9.79 Å². The number of benzene rings is 2. The minimum atomic E-state index is -1.22. The van der Waals surface area contributed by atoms with E-state index in [-0.39, 0.29) is 17.4 Å². The topological polar surface area (TPSA) is 123 Å². The van der Waals surface area contributed by atoms with Gasteiger partial charge in [0.2, 0.25) is 5.78 Å². The summed E-state index contributed by atoms with van der Waals surface area (Å²) in [6, 6.07) is 14.1. The first-order valence-corrected chi connectivity index (χ1v) is 10.2. The Labute approximate surface area is 185 Å². The van der Waals surface area contributed by atoms with Crippen molar-refractivity contribution >= 4 is 22.5 Å². The summed E-state index contributed by atoms with van der Waals surface area (Å²) >= 11 is 0. The fraction of sp³-hybridized carbons (Fsp3) is 0.208. The third-order valence-corrected chi connectivity index (χ3v) is 5.28. The number of aliphatic imine (C=N–C) groups is 1. The zero-order valence-corrected chi connectivity index (χ0v) is 17.5. The van der Waals surface area contributed by atoms with Crippen molar-refractivity contribution in [3.63, 3.8) is 0 Å². The number of nitrogens with two attached hydrogens (primary N) is 1. The number of H-pyrrole nitrogens is 1. The van der Waals surface area contributed by atoms with Crippen LogP contribution in [0, 0.1) is 0 Å². The molecule has 1 aliphatic rings. The van der Waals surface area contributed by atoms with Crippen LogP contribution in [-0.2, 0) is 4.74 Å². The number of para-hydroxylation sites is 2. The first-order valence-electron chi connectivity index (χ1n) is 10.2. The Balaban J connectivity index is 1.50. The Morgan fingerprint density at radius 1 is 1.22 bits per heavy atom. The lowest BCUT2D eigenvalue weighted by molar-refractivity contribution is -0.0205. The molecule has 2 aromatic carbocycles. The van der Waals surface area contributed by atoms with Crippen LogP contribution in [0.15, 0.2) is 78.3 Å². The van der Waals surface area contributed by atoms with Crippen LogP contribution in [0.25, 0.3) is 11.0 Å². The molecule has 1 fully saturated rings. The molecule has 1 aromatic heterocycles. The van der Waals surface area contributed by atoms with Crippen LogP contribution in [0.4, 0.5) is 0 Å². The molecule has 1 aliphatic heterocycles. The Bertz CT molecular complexity index is 1160. The first-order chi connectivity index (χ1) is 15.5. The molecule has 8 nitrogen and oxygen atoms in total. The number of hydrogen-bond donors (Lipinski definition) is 3. The zero-order valence-electron chi connectivity index (χ0n) is 17.5. The number of carbonyl (C=O) groups excluding carboxylic acids is 1. The fourth-order valence-corrected chi connectivity index (χ4v) is 3.58. The van der Waals surface area contributed by atoms with E-state index in [0.29, 0.717) is 43.1 Å². The molecular weight excluding hydrogens is 408 g/mol. The van der Waals surface area contributed by atoms with Crippen LogP contribution in [0.1, 0.15) is 29.0 Å². The van der Waals surface area contributed by atoms with Gasteiger partial charge in [-0.1, -0.05) is 18.7 Å². The number of nitrogens with one attached hydrogen (secondary N) is 1. The lowest BCUT2D eigenvalue weighted by atomic mass is 9.88. The predicted octanol–water partition coefficient (Wildman–Crippen LogP) is 3.10. The largest absolute Gasteiger partial charge is 0.456 e. The summed E-state index contributed by atoms with van der Waals surface area (Å²) in [6.07, 6.45) is 3.40. The second-order valence-corrected chi connectivity index (χ2v) is 7.44. The molecule has 1 saturated heterocycles. The standard InChI is InChI=1S/C24H24N4O4/c1-16(22(26-13-12-25)24(30)10-14-31-15-11-24)32-18-8-6-17(7-9-18)21(29)23-27-19-4-2-3-5-20(19)28-23/h2-9,12-13,30H,1,10-11,14-15,25H2,(H,27,28)/b13-12-,26-22+. The number of aromatic amines is 1. The van der Waals surface area contributed by atoms with E-state index < -0.39 is 5.60 Å². The van der Waals surface area contributed by atoms with E-state index in [1.807, 2.05) is 24.3 Å². The maximum atomic E-state index is 12.8. The van der Waals surface area contributed by atoms with Crippen molar-refractivity contribution in [1.29, 1.82) is 0 Å². The van der Waals surface area contributed by atoms with Crippen LogP contribution in [0.2, 0.25) is 0 Å². The highest BCUT2D eigenvalue weighted by atomic mass is 16.5. The monoisotopic (exact) mass is 432 g/mol. The molecule has 3 aromatic rings. The minimum absolute atomic E-state index is 0.198. The van der Waals surface area contributed by atoms with Crippen LogP contribution < -0.4 is 10.5 Å². The number of fused-ring (bicyclic) bond motifs is 1. The molecule has 0 aliphatic carbocycles. The Hall–Kier alpha value is -3.75. The van der Waals surface area contributed by atoms with Crippen molar-refractivity contribution in [1.82, 2.24) is 9.97 Å². The average molecular weight is 432 g/mol. The Morgan fingerprint density at radius 2 is 1.94 bits per heavy atom. The first kappa shape index (κ1) is 21.5. The molecule has 2 heterocycles. The van der Waals surface area contributed by atoms with E-state index in [9.17, 15) is 9.90 Å². The van der Waals surface area contributed by atoms with E-state index in [2.05, 4.69) is 21.5 Å². The number of rotatable bonds is 7. The molecule has 0 spiro atoms. The molecule has 0 saturated carbocycles. The van der Waals surface area contributed by atoms with Gasteiger partial charge in [0.25, 0.3) is 0 Å². The van der Waals surface area contributed by atoms with Crippen molar-refractivity contribution in [3.8, 4) is 5.75 Å². The van der Waals surface area contributed by atoms with Gasteiger partial charge in [0, 0.05) is 44.0 Å². The fourth-order valence-electron chi connectivity index (χ4n) is 3.58. The van der Waals surface area contributed by atoms with Gasteiger partial charge < -0.3 is 25.3 Å². The molecular formula is C24H24N4O4. The zero-order chi connectivity index (χ0) is 22.6. The van der Waals surface area contributed by atoms with Crippen LogP contribution in [0.3, 0.4) is 0 Å². The number of imidazole rings is 1. The molecule has 0 unspecified atom stereocenters. The molecule has 0 atom stereocenters. The highest BCUT2D eigenvalue weighted by Crippen LogP contribution is 2.27. The smallest absolute Gasteiger partial charge is 0.228 e. The molecule has 4 N–H and O–H groups in total. The third kappa shape index (κ3) is 4.46. The molecule has 164 valence electrons. The average Bonchev–Trinajstić information content (AvgIpc) is 3.24. The summed E-state index contributed by atoms with van der Waals surface area (Å²) in [4.78, 5) is 24.4. The van der Waals surface area contributed by atoms with Crippen LogP contribution >= 0.6 is 0 Å². The second-order valence-electron chi connectivity index (χ2n) is 7.44. The van der Waals surface area contributed by atoms with E-state index in [0.717, 1.165) is 11.0 Å². The summed E-state index contributed by atoms with van der Waals surface area (Å²) in [5.41, 5.74) is 6.49. The molecule has 0 amide bonds. The number of ether oxygens (including phenoxy) is 2. The lowest BCUT2D eigenvalue weighted by Crippen LogP contribution is -2.45. The van der Waals surface area contributed by atoms with Crippen molar-refractivity contribution < 1.29 is 19.4 Å². The number of ketones is 1. The van der Waals surface area contributed by atoms with E-state index in [1.165, 1.54) is 12.4 Å². The maximum Gasteiger partial charge on any atom is 0.228 e. The van der Waals surface area contributed by atoms with Crippen molar-refractivity contribution in [2.24, 2.45) is 10.7 Å². The highest BCUT2D eigenvalue weighted by Gasteiger charge is 2.37. The SMILES string of the molecule is C=C(Oc1ccc(C(=O)c2nc3ccccc3[nH]2)cc1)/C(=N\C=C/N)C1(O)CCOCC1. The van der Waals surface area contributed by atoms with E-state index >= 15 is 0 Å². The van der Waals surface area contributed by atoms with Gasteiger partial charge in [-0.15, -0.1) is 0 Å². The highest BCUT2D eigenvalue weighted by molar-refractivity contribution is 6.08. The van der Waals surface area contributed by atoms with Gasteiger partial charge >= 0.3 is 0 Å². The third-order valence-electron chi connectivity index (χ3n) is 5.28.